The molecule has 0 aromatic carbocycles. The van der Waals surface area contributed by atoms with Gasteiger partial charge in [0.15, 0.2) is 0 Å². The van der Waals surface area contributed by atoms with Crippen LogP contribution in [0.15, 0.2) is 4.52 Å². The smallest absolute Gasteiger partial charge is 0.397 e. The predicted molar refractivity (Wildman–Crippen MR) is 66.6 cm³/mol. The first-order valence-corrected chi connectivity index (χ1v) is 6.79. The van der Waals surface area contributed by atoms with E-state index in [2.05, 4.69) is 10.1 Å². The normalized spacial score (nSPS) is 18.2. The van der Waals surface area contributed by atoms with Gasteiger partial charge in [0.05, 0.1) is 6.61 Å². The van der Waals surface area contributed by atoms with Gasteiger partial charge in [0.25, 0.3) is 0 Å². The maximum absolute atomic E-state index is 11.5. The van der Waals surface area contributed by atoms with Crippen LogP contribution in [-0.4, -0.2) is 29.8 Å². The lowest BCUT2D eigenvalue weighted by atomic mass is 9.85. The monoisotopic (exact) mass is 268 g/mol. The molecule has 1 atom stereocenters. The lowest BCUT2D eigenvalue weighted by Crippen LogP contribution is -2.19. The van der Waals surface area contributed by atoms with Crippen LogP contribution in [0.3, 0.4) is 0 Å². The van der Waals surface area contributed by atoms with Crippen LogP contribution in [0.5, 0.6) is 0 Å². The maximum Gasteiger partial charge on any atom is 0.397 e. The molecular formula is C13H20N2O4. The van der Waals surface area contributed by atoms with Crippen molar-refractivity contribution >= 4 is 5.97 Å². The summed E-state index contributed by atoms with van der Waals surface area (Å²) < 4.78 is 15.3. The van der Waals surface area contributed by atoms with E-state index in [0.717, 1.165) is 12.8 Å². The van der Waals surface area contributed by atoms with E-state index in [4.69, 9.17) is 14.0 Å². The number of carbonyl (C=O) groups is 1. The number of aromatic nitrogens is 2. The molecule has 6 nitrogen and oxygen atoms in total. The molecule has 1 aliphatic carbocycles. The molecule has 0 radical (unpaired) electrons. The van der Waals surface area contributed by atoms with Crippen LogP contribution in [0.4, 0.5) is 0 Å². The number of rotatable bonds is 5. The van der Waals surface area contributed by atoms with Crippen molar-refractivity contribution in [3.8, 4) is 0 Å². The number of nitrogens with zero attached hydrogens (tertiary/aromatic N) is 2. The van der Waals surface area contributed by atoms with E-state index in [1.165, 1.54) is 19.3 Å². The molecule has 106 valence electrons. The number of hydrogen-bond donors (Lipinski definition) is 0. The minimum absolute atomic E-state index is 0.102. The van der Waals surface area contributed by atoms with Crippen molar-refractivity contribution in [3.63, 3.8) is 0 Å². The highest BCUT2D eigenvalue weighted by molar-refractivity contribution is 5.83. The van der Waals surface area contributed by atoms with Gasteiger partial charge in [0.2, 0.25) is 5.82 Å². The molecule has 0 N–H and O–H groups in total. The molecule has 2 rings (SSSR count). The van der Waals surface area contributed by atoms with Crippen molar-refractivity contribution in [2.24, 2.45) is 5.92 Å². The van der Waals surface area contributed by atoms with Gasteiger partial charge in [-0.1, -0.05) is 24.4 Å². The Labute approximate surface area is 112 Å². The minimum atomic E-state index is -0.584. The first-order valence-electron chi connectivity index (χ1n) is 6.79. The van der Waals surface area contributed by atoms with Gasteiger partial charge in [-0.05, 0) is 25.7 Å². The van der Waals surface area contributed by atoms with Crippen LogP contribution in [0.2, 0.25) is 0 Å². The molecule has 0 saturated heterocycles. The van der Waals surface area contributed by atoms with E-state index < -0.39 is 5.97 Å². The molecule has 1 saturated carbocycles. The fourth-order valence-electron chi connectivity index (χ4n) is 2.57. The topological polar surface area (TPSA) is 74.5 Å². The number of carbonyl (C=O) groups excluding carboxylic acids is 1. The van der Waals surface area contributed by atoms with Gasteiger partial charge >= 0.3 is 11.9 Å². The van der Waals surface area contributed by atoms with E-state index in [1.54, 1.807) is 14.0 Å². The number of hydrogen-bond acceptors (Lipinski definition) is 6. The van der Waals surface area contributed by atoms with Gasteiger partial charge < -0.3 is 14.0 Å². The largest absolute Gasteiger partial charge is 0.459 e. The first-order chi connectivity index (χ1) is 9.26. The van der Waals surface area contributed by atoms with E-state index in [-0.39, 0.29) is 18.6 Å². The quantitative estimate of drug-likeness (QED) is 0.764. The Bertz CT molecular complexity index is 413. The van der Waals surface area contributed by atoms with Gasteiger partial charge in [0.1, 0.15) is 6.10 Å². The summed E-state index contributed by atoms with van der Waals surface area (Å²) in [5.41, 5.74) is 0. The zero-order valence-corrected chi connectivity index (χ0v) is 11.4. The van der Waals surface area contributed by atoms with Crippen LogP contribution >= 0.6 is 0 Å². The van der Waals surface area contributed by atoms with Gasteiger partial charge in [-0.15, -0.1) is 0 Å². The highest BCUT2D eigenvalue weighted by Gasteiger charge is 2.30. The third-order valence-corrected chi connectivity index (χ3v) is 3.48. The summed E-state index contributed by atoms with van der Waals surface area (Å²) in [6.07, 6.45) is 5.67. The lowest BCUT2D eigenvalue weighted by molar-refractivity contribution is 0.0273. The van der Waals surface area contributed by atoms with Crippen molar-refractivity contribution in [2.45, 2.75) is 45.1 Å². The highest BCUT2D eigenvalue weighted by Crippen LogP contribution is 2.35. The first kappa shape index (κ1) is 14.0. The fourth-order valence-corrected chi connectivity index (χ4v) is 2.57. The molecule has 0 amide bonds. The SMILES string of the molecule is CCOC(=O)c1nc(C(OC)C2CCCCC2)no1. The zero-order chi connectivity index (χ0) is 13.7. The Morgan fingerprint density at radius 1 is 1.42 bits per heavy atom. The van der Waals surface area contributed by atoms with Crippen LogP contribution in [0, 0.1) is 5.92 Å². The molecule has 1 fully saturated rings. The maximum atomic E-state index is 11.5. The standard InChI is InChI=1S/C13H20N2O4/c1-3-18-13(16)12-14-11(15-19-12)10(17-2)9-7-5-4-6-8-9/h9-10H,3-8H2,1-2H3. The second kappa shape index (κ2) is 6.65. The third-order valence-electron chi connectivity index (χ3n) is 3.48. The third kappa shape index (κ3) is 3.32. The van der Waals surface area contributed by atoms with Gasteiger partial charge in [0, 0.05) is 7.11 Å². The molecule has 1 aromatic rings. The number of methoxy groups -OCH3 is 1. The van der Waals surface area contributed by atoms with Crippen molar-refractivity contribution in [1.82, 2.24) is 10.1 Å². The Balaban J connectivity index is 2.08. The molecule has 19 heavy (non-hydrogen) atoms. The summed E-state index contributed by atoms with van der Waals surface area (Å²) in [7, 11) is 1.64. The van der Waals surface area contributed by atoms with Crippen molar-refractivity contribution in [2.75, 3.05) is 13.7 Å². The predicted octanol–water partition coefficient (Wildman–Crippen LogP) is 2.51. The number of ether oxygens (including phenoxy) is 2. The molecule has 0 aliphatic heterocycles. The van der Waals surface area contributed by atoms with E-state index in [1.807, 2.05) is 0 Å². The van der Waals surface area contributed by atoms with Gasteiger partial charge in [-0.2, -0.15) is 4.98 Å². The van der Waals surface area contributed by atoms with Crippen LogP contribution in [0.25, 0.3) is 0 Å². The van der Waals surface area contributed by atoms with E-state index in [0.29, 0.717) is 11.7 Å². The molecule has 1 aliphatic rings. The fraction of sp³-hybridized carbons (Fsp3) is 0.769. The summed E-state index contributed by atoms with van der Waals surface area (Å²) >= 11 is 0. The Morgan fingerprint density at radius 2 is 2.16 bits per heavy atom. The van der Waals surface area contributed by atoms with Crippen molar-refractivity contribution in [3.05, 3.63) is 11.7 Å². The summed E-state index contributed by atoms with van der Waals surface area (Å²) in [5, 5.41) is 3.85. The summed E-state index contributed by atoms with van der Waals surface area (Å²) in [4.78, 5) is 15.6. The second-order valence-corrected chi connectivity index (χ2v) is 4.73. The lowest BCUT2D eigenvalue weighted by Gasteiger charge is -2.26. The highest BCUT2D eigenvalue weighted by atomic mass is 16.6. The molecule has 0 bridgehead atoms. The Morgan fingerprint density at radius 3 is 2.79 bits per heavy atom. The van der Waals surface area contributed by atoms with Gasteiger partial charge in [-0.3, -0.25) is 0 Å². The molecule has 6 heteroatoms. The Hall–Kier alpha value is -1.43. The molecule has 1 aromatic heterocycles. The van der Waals surface area contributed by atoms with Gasteiger partial charge in [-0.25, -0.2) is 4.79 Å². The van der Waals surface area contributed by atoms with Crippen molar-refractivity contribution < 1.29 is 18.8 Å². The molecule has 1 unspecified atom stereocenters. The Kier molecular flexibility index (Phi) is 4.90. The summed E-state index contributed by atoms with van der Waals surface area (Å²) in [6, 6.07) is 0. The summed E-state index contributed by atoms with van der Waals surface area (Å²) in [5.74, 6) is 0.151. The average Bonchev–Trinajstić information content (AvgIpc) is 2.91. The zero-order valence-electron chi connectivity index (χ0n) is 11.4. The second-order valence-electron chi connectivity index (χ2n) is 4.73. The number of esters is 1. The molecule has 1 heterocycles. The van der Waals surface area contributed by atoms with E-state index >= 15 is 0 Å². The molecular weight excluding hydrogens is 248 g/mol. The minimum Gasteiger partial charge on any atom is -0.459 e. The van der Waals surface area contributed by atoms with Crippen molar-refractivity contribution in [1.29, 1.82) is 0 Å². The molecule has 0 spiro atoms. The van der Waals surface area contributed by atoms with E-state index in [9.17, 15) is 4.79 Å². The van der Waals surface area contributed by atoms with Crippen LogP contribution < -0.4 is 0 Å². The average molecular weight is 268 g/mol. The summed E-state index contributed by atoms with van der Waals surface area (Å²) in [6.45, 7) is 2.02. The van der Waals surface area contributed by atoms with Crippen LogP contribution in [0.1, 0.15) is 61.6 Å². The van der Waals surface area contributed by atoms with Crippen LogP contribution in [-0.2, 0) is 9.47 Å².